The van der Waals surface area contributed by atoms with Crippen molar-refractivity contribution >= 4 is 5.91 Å². The van der Waals surface area contributed by atoms with Gasteiger partial charge in [-0.3, -0.25) is 4.79 Å². The van der Waals surface area contributed by atoms with Gasteiger partial charge in [-0.25, -0.2) is 0 Å². The second-order valence-electron chi connectivity index (χ2n) is 6.39. The van der Waals surface area contributed by atoms with Gasteiger partial charge in [-0.1, -0.05) is 31.9 Å². The summed E-state index contributed by atoms with van der Waals surface area (Å²) >= 11 is 0. The standard InChI is InChI=1S/C18H24F3NO2/c1-13-4-2-3-5-16(13)24-11-10-22-17(23)12-14-6-8-15(9-7-14)18(19,20)21/h6-9,13,16H,2-5,10-12H2,1H3,(H,22,23)/t13-,16+/m0/s1. The molecule has 0 heterocycles. The summed E-state index contributed by atoms with van der Waals surface area (Å²) < 4.78 is 43.2. The zero-order valence-electron chi connectivity index (χ0n) is 13.9. The van der Waals surface area contributed by atoms with E-state index in [1.807, 2.05) is 0 Å². The molecule has 1 N–H and O–H groups in total. The van der Waals surface area contributed by atoms with Gasteiger partial charge in [-0.2, -0.15) is 13.2 Å². The monoisotopic (exact) mass is 343 g/mol. The van der Waals surface area contributed by atoms with E-state index in [4.69, 9.17) is 4.74 Å². The number of carbonyl (C=O) groups excluding carboxylic acids is 1. The molecule has 1 amide bonds. The number of halogens is 3. The molecule has 134 valence electrons. The molecule has 0 unspecified atom stereocenters. The summed E-state index contributed by atoms with van der Waals surface area (Å²) in [7, 11) is 0. The van der Waals surface area contributed by atoms with Crippen molar-refractivity contribution in [2.24, 2.45) is 5.92 Å². The Morgan fingerprint density at radius 1 is 1.21 bits per heavy atom. The maximum Gasteiger partial charge on any atom is 0.416 e. The highest BCUT2D eigenvalue weighted by Gasteiger charge is 2.30. The summed E-state index contributed by atoms with van der Waals surface area (Å²) in [5.41, 5.74) is -0.149. The van der Waals surface area contributed by atoms with E-state index in [0.29, 0.717) is 24.6 Å². The highest BCUT2D eigenvalue weighted by molar-refractivity contribution is 5.78. The van der Waals surface area contributed by atoms with E-state index in [1.54, 1.807) is 0 Å². The second-order valence-corrected chi connectivity index (χ2v) is 6.39. The first-order valence-electron chi connectivity index (χ1n) is 8.40. The molecule has 1 aromatic rings. The fourth-order valence-corrected chi connectivity index (χ4v) is 2.99. The van der Waals surface area contributed by atoms with Crippen LogP contribution >= 0.6 is 0 Å². The number of hydrogen-bond acceptors (Lipinski definition) is 2. The molecule has 0 radical (unpaired) electrons. The van der Waals surface area contributed by atoms with Crippen LogP contribution in [0.2, 0.25) is 0 Å². The minimum absolute atomic E-state index is 0.0674. The van der Waals surface area contributed by atoms with Crippen LogP contribution in [0.15, 0.2) is 24.3 Å². The van der Waals surface area contributed by atoms with Crippen molar-refractivity contribution in [2.45, 2.75) is 51.3 Å². The largest absolute Gasteiger partial charge is 0.416 e. The fraction of sp³-hybridized carbons (Fsp3) is 0.611. The molecule has 0 bridgehead atoms. The first kappa shape index (κ1) is 18.8. The summed E-state index contributed by atoms with van der Waals surface area (Å²) in [6, 6.07) is 4.66. The molecule has 0 aromatic heterocycles. The van der Waals surface area contributed by atoms with Crippen molar-refractivity contribution < 1.29 is 22.7 Å². The molecule has 6 heteroatoms. The first-order chi connectivity index (χ1) is 11.4. The van der Waals surface area contributed by atoms with E-state index in [1.165, 1.54) is 31.4 Å². The molecule has 24 heavy (non-hydrogen) atoms. The Balaban J connectivity index is 1.68. The molecule has 1 fully saturated rings. The van der Waals surface area contributed by atoms with Crippen molar-refractivity contribution in [3.63, 3.8) is 0 Å². The molecule has 0 saturated heterocycles. The third-order valence-corrected chi connectivity index (χ3v) is 4.43. The van der Waals surface area contributed by atoms with Crippen molar-refractivity contribution in [1.82, 2.24) is 5.32 Å². The predicted molar refractivity (Wildman–Crippen MR) is 85.5 cm³/mol. The Kier molecular flexibility index (Phi) is 6.66. The van der Waals surface area contributed by atoms with Crippen LogP contribution in [0.25, 0.3) is 0 Å². The zero-order valence-corrected chi connectivity index (χ0v) is 13.9. The van der Waals surface area contributed by atoms with Crippen LogP contribution in [-0.4, -0.2) is 25.2 Å². The highest BCUT2D eigenvalue weighted by atomic mass is 19.4. The zero-order chi connectivity index (χ0) is 17.6. The summed E-state index contributed by atoms with van der Waals surface area (Å²) in [6.07, 6.45) is 0.684. The SMILES string of the molecule is C[C@H]1CCCC[C@H]1OCCNC(=O)Cc1ccc(C(F)(F)F)cc1. The lowest BCUT2D eigenvalue weighted by Gasteiger charge is -2.28. The molecular formula is C18H24F3NO2. The van der Waals surface area contributed by atoms with Crippen LogP contribution in [0.3, 0.4) is 0 Å². The number of ether oxygens (including phenoxy) is 1. The average molecular weight is 343 g/mol. The summed E-state index contributed by atoms with van der Waals surface area (Å²) in [4.78, 5) is 11.8. The number of nitrogens with one attached hydrogen (secondary N) is 1. The number of carbonyl (C=O) groups is 1. The predicted octanol–water partition coefficient (Wildman–Crippen LogP) is 3.96. The number of amides is 1. The molecule has 0 spiro atoms. The van der Waals surface area contributed by atoms with Crippen LogP contribution in [0.5, 0.6) is 0 Å². The Bertz CT molecular complexity index is 528. The second kappa shape index (κ2) is 8.51. The van der Waals surface area contributed by atoms with Crippen LogP contribution in [0.4, 0.5) is 13.2 Å². The first-order valence-corrected chi connectivity index (χ1v) is 8.40. The average Bonchev–Trinajstić information content (AvgIpc) is 2.53. The molecule has 1 saturated carbocycles. The fourth-order valence-electron chi connectivity index (χ4n) is 2.99. The van der Waals surface area contributed by atoms with Gasteiger partial charge in [-0.15, -0.1) is 0 Å². The topological polar surface area (TPSA) is 38.3 Å². The van der Waals surface area contributed by atoms with E-state index >= 15 is 0 Å². The van der Waals surface area contributed by atoms with Crippen LogP contribution in [-0.2, 0) is 22.1 Å². The number of alkyl halides is 3. The maximum absolute atomic E-state index is 12.5. The van der Waals surface area contributed by atoms with Gasteiger partial charge in [0.25, 0.3) is 0 Å². The summed E-state index contributed by atoms with van der Waals surface area (Å²) in [6.45, 7) is 3.07. The Morgan fingerprint density at radius 3 is 2.50 bits per heavy atom. The summed E-state index contributed by atoms with van der Waals surface area (Å²) in [5.74, 6) is 0.344. The lowest BCUT2D eigenvalue weighted by molar-refractivity contribution is -0.137. The molecule has 3 nitrogen and oxygen atoms in total. The smallest absolute Gasteiger partial charge is 0.376 e. The molecule has 2 rings (SSSR count). The van der Waals surface area contributed by atoms with Gasteiger partial charge in [0.15, 0.2) is 0 Å². The van der Waals surface area contributed by atoms with Gasteiger partial charge in [0.2, 0.25) is 5.91 Å². The van der Waals surface area contributed by atoms with Gasteiger partial charge >= 0.3 is 6.18 Å². The van der Waals surface area contributed by atoms with Gasteiger partial charge in [0, 0.05) is 6.54 Å². The van der Waals surface area contributed by atoms with E-state index < -0.39 is 11.7 Å². The van der Waals surface area contributed by atoms with Gasteiger partial charge in [-0.05, 0) is 36.5 Å². The van der Waals surface area contributed by atoms with E-state index in [9.17, 15) is 18.0 Å². The van der Waals surface area contributed by atoms with E-state index in [-0.39, 0.29) is 18.4 Å². The maximum atomic E-state index is 12.5. The normalized spacial score (nSPS) is 21.5. The quantitative estimate of drug-likeness (QED) is 0.794. The van der Waals surface area contributed by atoms with Crippen molar-refractivity contribution in [1.29, 1.82) is 0 Å². The van der Waals surface area contributed by atoms with Crippen LogP contribution in [0.1, 0.15) is 43.7 Å². The number of rotatable bonds is 6. The van der Waals surface area contributed by atoms with Crippen molar-refractivity contribution in [3.8, 4) is 0 Å². The van der Waals surface area contributed by atoms with Gasteiger partial charge in [0.1, 0.15) is 0 Å². The minimum Gasteiger partial charge on any atom is -0.376 e. The lowest BCUT2D eigenvalue weighted by atomic mass is 9.88. The Hall–Kier alpha value is -1.56. The van der Waals surface area contributed by atoms with Gasteiger partial charge < -0.3 is 10.1 Å². The molecular weight excluding hydrogens is 319 g/mol. The molecule has 1 aromatic carbocycles. The molecule has 0 aliphatic heterocycles. The number of benzene rings is 1. The van der Waals surface area contributed by atoms with Gasteiger partial charge in [0.05, 0.1) is 24.7 Å². The molecule has 1 aliphatic carbocycles. The lowest BCUT2D eigenvalue weighted by Crippen LogP contribution is -2.32. The highest BCUT2D eigenvalue weighted by Crippen LogP contribution is 2.29. The Labute approximate surface area is 140 Å². The van der Waals surface area contributed by atoms with Crippen LogP contribution in [0, 0.1) is 5.92 Å². The summed E-state index contributed by atoms with van der Waals surface area (Å²) in [5, 5.41) is 2.74. The third-order valence-electron chi connectivity index (χ3n) is 4.43. The van der Waals surface area contributed by atoms with E-state index in [2.05, 4.69) is 12.2 Å². The van der Waals surface area contributed by atoms with Crippen molar-refractivity contribution in [3.05, 3.63) is 35.4 Å². The van der Waals surface area contributed by atoms with E-state index in [0.717, 1.165) is 18.6 Å². The molecule has 1 aliphatic rings. The molecule has 2 atom stereocenters. The Morgan fingerprint density at radius 2 is 1.88 bits per heavy atom. The third kappa shape index (κ3) is 5.82. The van der Waals surface area contributed by atoms with Crippen molar-refractivity contribution in [2.75, 3.05) is 13.2 Å². The minimum atomic E-state index is -4.35. The van der Waals surface area contributed by atoms with Crippen LogP contribution < -0.4 is 5.32 Å². The number of hydrogen-bond donors (Lipinski definition) is 1.